The van der Waals surface area contributed by atoms with Crippen molar-refractivity contribution >= 4 is 33.0 Å². The minimum absolute atomic E-state index is 0.0175. The van der Waals surface area contributed by atoms with Gasteiger partial charge in [-0.15, -0.1) is 0 Å². The lowest BCUT2D eigenvalue weighted by Crippen LogP contribution is -2.39. The van der Waals surface area contributed by atoms with Crippen molar-refractivity contribution in [2.24, 2.45) is 0 Å². The molecule has 0 aromatic heterocycles. The van der Waals surface area contributed by atoms with Gasteiger partial charge in [0.15, 0.2) is 0 Å². The first-order valence-corrected chi connectivity index (χ1v) is 9.16. The van der Waals surface area contributed by atoms with Crippen molar-refractivity contribution in [2.75, 3.05) is 25.2 Å². The molecule has 8 heteroatoms. The van der Waals surface area contributed by atoms with Crippen LogP contribution in [0.25, 0.3) is 0 Å². The Morgan fingerprint density at radius 2 is 2.05 bits per heavy atom. The maximum atomic E-state index is 11.1. The highest BCUT2D eigenvalue weighted by atomic mass is 35.5. The minimum Gasteiger partial charge on any atom is -0.489 e. The predicted molar refractivity (Wildman–Crippen MR) is 85.1 cm³/mol. The van der Waals surface area contributed by atoms with Gasteiger partial charge in [0.1, 0.15) is 28.3 Å². The summed E-state index contributed by atoms with van der Waals surface area (Å²) in [4.78, 5) is 0. The topological polar surface area (TPSA) is 75.6 Å². The number of benzene rings is 1. The summed E-state index contributed by atoms with van der Waals surface area (Å²) in [5.74, 6) is 0.452. The Balaban J connectivity index is 2.35. The van der Waals surface area contributed by atoms with Crippen LogP contribution in [0.5, 0.6) is 5.75 Å². The molecular weight excluding hydrogens is 337 g/mol. The van der Waals surface area contributed by atoms with Crippen molar-refractivity contribution in [1.82, 2.24) is 5.32 Å². The van der Waals surface area contributed by atoms with Gasteiger partial charge in [0.05, 0.1) is 10.8 Å². The number of rotatable bonds is 8. The quantitative estimate of drug-likeness (QED) is 0.742. The summed E-state index contributed by atoms with van der Waals surface area (Å²) in [5.41, 5.74) is 0. The first-order valence-electron chi connectivity index (χ1n) is 6.34. The third kappa shape index (κ3) is 7.87. The molecule has 1 aromatic rings. The number of ether oxygens (including phenoxy) is 1. The fourth-order valence-corrected chi connectivity index (χ4v) is 3.18. The Hall–Kier alpha value is -0.530. The van der Waals surface area contributed by atoms with E-state index in [1.165, 1.54) is 6.26 Å². The van der Waals surface area contributed by atoms with E-state index in [-0.39, 0.29) is 24.9 Å². The molecule has 0 aliphatic heterocycles. The molecule has 1 rings (SSSR count). The standard InChI is InChI=1S/C13H19Cl2NO4S/c1-9(8-21(2,18)19)16-6-11(17)7-20-13-4-3-10(14)5-12(13)15/h3-5,9,11,16-17H,6-8H2,1-2H3. The number of halogens is 2. The van der Waals surface area contributed by atoms with Crippen LogP contribution < -0.4 is 10.1 Å². The summed E-state index contributed by atoms with van der Waals surface area (Å²) in [6.07, 6.45) is 0.395. The highest BCUT2D eigenvalue weighted by Crippen LogP contribution is 2.27. The van der Waals surface area contributed by atoms with E-state index >= 15 is 0 Å². The number of sulfone groups is 1. The van der Waals surface area contributed by atoms with Crippen LogP contribution in [0.4, 0.5) is 0 Å². The van der Waals surface area contributed by atoms with Crippen molar-refractivity contribution in [2.45, 2.75) is 19.1 Å². The molecule has 0 aliphatic rings. The van der Waals surface area contributed by atoms with Gasteiger partial charge in [-0.3, -0.25) is 0 Å². The summed E-state index contributed by atoms with van der Waals surface area (Å²) >= 11 is 11.7. The molecule has 0 radical (unpaired) electrons. The van der Waals surface area contributed by atoms with Crippen molar-refractivity contribution in [1.29, 1.82) is 0 Å². The van der Waals surface area contributed by atoms with Crippen molar-refractivity contribution in [3.05, 3.63) is 28.2 Å². The first kappa shape index (κ1) is 18.5. The molecule has 2 atom stereocenters. The molecule has 0 fully saturated rings. The molecule has 0 aliphatic carbocycles. The Morgan fingerprint density at radius 3 is 2.62 bits per heavy atom. The zero-order chi connectivity index (χ0) is 16.0. The lowest BCUT2D eigenvalue weighted by molar-refractivity contribution is 0.105. The highest BCUT2D eigenvalue weighted by Gasteiger charge is 2.13. The van der Waals surface area contributed by atoms with E-state index in [1.54, 1.807) is 25.1 Å². The second-order valence-corrected chi connectivity index (χ2v) is 7.97. The number of aliphatic hydroxyl groups excluding tert-OH is 1. The zero-order valence-corrected chi connectivity index (χ0v) is 14.2. The summed E-state index contributed by atoms with van der Waals surface area (Å²) in [6, 6.07) is 4.57. The van der Waals surface area contributed by atoms with Crippen LogP contribution in [0.15, 0.2) is 18.2 Å². The van der Waals surface area contributed by atoms with Crippen molar-refractivity contribution < 1.29 is 18.3 Å². The van der Waals surface area contributed by atoms with Gasteiger partial charge in [-0.25, -0.2) is 8.42 Å². The smallest absolute Gasteiger partial charge is 0.148 e. The lowest BCUT2D eigenvalue weighted by atomic mass is 10.3. The monoisotopic (exact) mass is 355 g/mol. The number of hydrogen-bond acceptors (Lipinski definition) is 5. The normalized spacial score (nSPS) is 14.7. The average molecular weight is 356 g/mol. The van der Waals surface area contributed by atoms with Gasteiger partial charge < -0.3 is 15.2 Å². The SMILES string of the molecule is CC(CS(C)(=O)=O)NCC(O)COc1ccc(Cl)cc1Cl. The van der Waals surface area contributed by atoms with Gasteiger partial charge in [0.2, 0.25) is 0 Å². The summed E-state index contributed by atoms with van der Waals surface area (Å²) in [5, 5.41) is 13.6. The van der Waals surface area contributed by atoms with E-state index in [2.05, 4.69) is 5.32 Å². The first-order chi connectivity index (χ1) is 9.67. The molecule has 2 N–H and O–H groups in total. The lowest BCUT2D eigenvalue weighted by Gasteiger charge is -2.17. The molecule has 2 unspecified atom stereocenters. The van der Waals surface area contributed by atoms with E-state index in [0.29, 0.717) is 15.8 Å². The van der Waals surface area contributed by atoms with Crippen LogP contribution in [0.3, 0.4) is 0 Å². The fraction of sp³-hybridized carbons (Fsp3) is 0.538. The molecule has 1 aromatic carbocycles. The van der Waals surface area contributed by atoms with Crippen LogP contribution >= 0.6 is 23.2 Å². The van der Waals surface area contributed by atoms with Crippen LogP contribution in [-0.2, 0) is 9.84 Å². The highest BCUT2D eigenvalue weighted by molar-refractivity contribution is 7.90. The van der Waals surface area contributed by atoms with Crippen LogP contribution in [0.1, 0.15) is 6.92 Å². The summed E-state index contributed by atoms with van der Waals surface area (Å²) in [7, 11) is -3.04. The maximum absolute atomic E-state index is 11.1. The summed E-state index contributed by atoms with van der Waals surface area (Å²) in [6.45, 7) is 2.01. The third-order valence-corrected chi connectivity index (χ3v) is 4.22. The Morgan fingerprint density at radius 1 is 1.38 bits per heavy atom. The minimum atomic E-state index is -3.04. The Kier molecular flexibility index (Phi) is 7.23. The molecule has 0 amide bonds. The van der Waals surface area contributed by atoms with Gasteiger partial charge in [-0.05, 0) is 25.1 Å². The Bertz CT molecular complexity index is 565. The van der Waals surface area contributed by atoms with E-state index in [4.69, 9.17) is 27.9 Å². The second-order valence-electron chi connectivity index (χ2n) is 4.94. The molecule has 0 saturated heterocycles. The molecule has 0 saturated carbocycles. The maximum Gasteiger partial charge on any atom is 0.148 e. The Labute approximate surface area is 135 Å². The molecule has 0 bridgehead atoms. The van der Waals surface area contributed by atoms with Gasteiger partial charge in [0, 0.05) is 23.9 Å². The largest absolute Gasteiger partial charge is 0.489 e. The van der Waals surface area contributed by atoms with Crippen molar-refractivity contribution in [3.63, 3.8) is 0 Å². The molecule has 120 valence electrons. The fourth-order valence-electron chi connectivity index (χ4n) is 1.69. The second kappa shape index (κ2) is 8.19. The van der Waals surface area contributed by atoms with E-state index in [0.717, 1.165) is 0 Å². The third-order valence-electron chi connectivity index (χ3n) is 2.58. The van der Waals surface area contributed by atoms with E-state index in [9.17, 15) is 13.5 Å². The van der Waals surface area contributed by atoms with Crippen LogP contribution in [-0.4, -0.2) is 50.8 Å². The van der Waals surface area contributed by atoms with Gasteiger partial charge in [-0.2, -0.15) is 0 Å². The van der Waals surface area contributed by atoms with Gasteiger partial charge >= 0.3 is 0 Å². The van der Waals surface area contributed by atoms with E-state index < -0.39 is 15.9 Å². The van der Waals surface area contributed by atoms with Gasteiger partial charge in [0.25, 0.3) is 0 Å². The summed E-state index contributed by atoms with van der Waals surface area (Å²) < 4.78 is 27.6. The number of hydrogen-bond donors (Lipinski definition) is 2. The molecule has 21 heavy (non-hydrogen) atoms. The molecule has 5 nitrogen and oxygen atoms in total. The molecule has 0 heterocycles. The molecular formula is C13H19Cl2NO4S. The van der Waals surface area contributed by atoms with E-state index in [1.807, 2.05) is 0 Å². The number of aliphatic hydroxyl groups is 1. The van der Waals surface area contributed by atoms with Crippen LogP contribution in [0, 0.1) is 0 Å². The number of nitrogens with one attached hydrogen (secondary N) is 1. The average Bonchev–Trinajstić information content (AvgIpc) is 2.33. The molecule has 0 spiro atoms. The zero-order valence-electron chi connectivity index (χ0n) is 11.8. The van der Waals surface area contributed by atoms with Crippen LogP contribution in [0.2, 0.25) is 10.0 Å². The predicted octanol–water partition coefficient (Wildman–Crippen LogP) is 1.76. The van der Waals surface area contributed by atoms with Gasteiger partial charge in [-0.1, -0.05) is 23.2 Å². The van der Waals surface area contributed by atoms with Crippen molar-refractivity contribution in [3.8, 4) is 5.75 Å².